The number of carbonyl (C=O) groups is 2. The minimum atomic E-state index is -0.583. The quantitative estimate of drug-likeness (QED) is 0.456. The van der Waals surface area contributed by atoms with E-state index < -0.39 is 5.97 Å². The number of pyridine rings is 1. The van der Waals surface area contributed by atoms with Gasteiger partial charge in [0.15, 0.2) is 12.4 Å². The Morgan fingerprint density at radius 2 is 1.84 bits per heavy atom. The molecule has 0 unspecified atom stereocenters. The number of aryl methyl sites for hydroxylation is 1. The Morgan fingerprint density at radius 1 is 1.03 bits per heavy atom. The Labute approximate surface area is 179 Å². The number of rotatable bonds is 7. The molecular weight excluding hydrogens is 392 g/mol. The van der Waals surface area contributed by atoms with E-state index in [4.69, 9.17) is 9.15 Å². The predicted octanol–water partition coefficient (Wildman–Crippen LogP) is 4.32. The van der Waals surface area contributed by atoms with E-state index >= 15 is 0 Å². The number of esters is 1. The van der Waals surface area contributed by atoms with Crippen LogP contribution in [0.1, 0.15) is 21.5 Å². The highest BCUT2D eigenvalue weighted by atomic mass is 16.5. The van der Waals surface area contributed by atoms with Crippen molar-refractivity contribution in [1.82, 2.24) is 10.3 Å². The minimum Gasteiger partial charge on any atom is -0.463 e. The second kappa shape index (κ2) is 9.26. The number of furan rings is 1. The fourth-order valence-corrected chi connectivity index (χ4v) is 3.38. The smallest absolute Gasteiger partial charge is 0.339 e. The van der Waals surface area contributed by atoms with Crippen LogP contribution in [0.15, 0.2) is 77.4 Å². The van der Waals surface area contributed by atoms with Crippen LogP contribution in [0.4, 0.5) is 0 Å². The van der Waals surface area contributed by atoms with Crippen molar-refractivity contribution in [2.75, 3.05) is 13.2 Å². The zero-order valence-corrected chi connectivity index (χ0v) is 17.1. The molecule has 0 radical (unpaired) electrons. The van der Waals surface area contributed by atoms with Crippen LogP contribution >= 0.6 is 0 Å². The second-order valence-electron chi connectivity index (χ2n) is 7.15. The topological polar surface area (TPSA) is 81.4 Å². The number of benzene rings is 2. The van der Waals surface area contributed by atoms with Gasteiger partial charge in [-0.25, -0.2) is 9.78 Å². The highest BCUT2D eigenvalue weighted by Gasteiger charge is 2.17. The molecule has 0 saturated carbocycles. The van der Waals surface area contributed by atoms with Crippen LogP contribution in [0, 0.1) is 6.92 Å². The van der Waals surface area contributed by atoms with Gasteiger partial charge < -0.3 is 14.5 Å². The highest BCUT2D eigenvalue weighted by Crippen LogP contribution is 2.25. The third-order valence-corrected chi connectivity index (χ3v) is 5.02. The van der Waals surface area contributed by atoms with E-state index in [0.29, 0.717) is 40.9 Å². The van der Waals surface area contributed by atoms with Gasteiger partial charge in [0.1, 0.15) is 5.69 Å². The Bertz CT molecular complexity index is 1220. The molecule has 156 valence electrons. The number of aromatic nitrogens is 1. The van der Waals surface area contributed by atoms with Crippen LogP contribution < -0.4 is 5.32 Å². The lowest BCUT2D eigenvalue weighted by molar-refractivity contribution is -0.124. The maximum atomic E-state index is 12.8. The lowest BCUT2D eigenvalue weighted by atomic mass is 10.1. The number of nitrogens with one attached hydrogen (secondary N) is 1. The van der Waals surface area contributed by atoms with Gasteiger partial charge in [-0.2, -0.15) is 0 Å². The van der Waals surface area contributed by atoms with Crippen molar-refractivity contribution in [3.8, 4) is 11.5 Å². The first-order chi connectivity index (χ1) is 15.1. The zero-order chi connectivity index (χ0) is 21.6. The van der Waals surface area contributed by atoms with Crippen molar-refractivity contribution < 1.29 is 18.7 Å². The van der Waals surface area contributed by atoms with Gasteiger partial charge in [-0.15, -0.1) is 0 Å². The largest absolute Gasteiger partial charge is 0.463 e. The number of ether oxygens (including phenoxy) is 1. The van der Waals surface area contributed by atoms with Crippen molar-refractivity contribution in [2.24, 2.45) is 0 Å². The molecule has 0 fully saturated rings. The highest BCUT2D eigenvalue weighted by molar-refractivity contribution is 6.05. The number of hydrogen-bond acceptors (Lipinski definition) is 5. The van der Waals surface area contributed by atoms with Crippen LogP contribution in [0.25, 0.3) is 22.4 Å². The third kappa shape index (κ3) is 4.80. The first-order valence-electron chi connectivity index (χ1n) is 10.0. The maximum Gasteiger partial charge on any atom is 0.339 e. The molecule has 0 saturated heterocycles. The standard InChI is InChI=1S/C25H22N2O4/c1-17-7-2-3-8-18(17)12-13-26-24(28)16-31-25(29)20-15-22(23-11-6-14-30-23)27-21-10-5-4-9-19(20)21/h2-11,14-15H,12-13,16H2,1H3,(H,26,28). The van der Waals surface area contributed by atoms with Crippen molar-refractivity contribution in [3.63, 3.8) is 0 Å². The van der Waals surface area contributed by atoms with Gasteiger partial charge in [0.25, 0.3) is 5.91 Å². The molecule has 0 aliphatic heterocycles. The first-order valence-corrected chi connectivity index (χ1v) is 10.0. The van der Waals surface area contributed by atoms with Crippen LogP contribution in [0.3, 0.4) is 0 Å². The molecule has 2 aromatic carbocycles. The molecule has 6 nitrogen and oxygen atoms in total. The van der Waals surface area contributed by atoms with Crippen LogP contribution in [0.5, 0.6) is 0 Å². The van der Waals surface area contributed by atoms with E-state index in [-0.39, 0.29) is 12.5 Å². The van der Waals surface area contributed by atoms with Gasteiger partial charge >= 0.3 is 5.97 Å². The monoisotopic (exact) mass is 414 g/mol. The lowest BCUT2D eigenvalue weighted by Gasteiger charge is -2.10. The number of para-hydroxylation sites is 1. The molecule has 2 aromatic heterocycles. The Hall–Kier alpha value is -3.93. The van der Waals surface area contributed by atoms with Crippen molar-refractivity contribution in [2.45, 2.75) is 13.3 Å². The number of nitrogens with zero attached hydrogens (tertiary/aromatic N) is 1. The van der Waals surface area contributed by atoms with Crippen molar-refractivity contribution in [3.05, 3.63) is 89.7 Å². The summed E-state index contributed by atoms with van der Waals surface area (Å²) in [4.78, 5) is 29.5. The summed E-state index contributed by atoms with van der Waals surface area (Å²) < 4.78 is 10.7. The molecule has 0 aliphatic carbocycles. The van der Waals surface area contributed by atoms with E-state index in [2.05, 4.69) is 10.3 Å². The van der Waals surface area contributed by atoms with Crippen LogP contribution in [0.2, 0.25) is 0 Å². The molecule has 31 heavy (non-hydrogen) atoms. The summed E-state index contributed by atoms with van der Waals surface area (Å²) in [6.07, 6.45) is 2.26. The molecule has 1 amide bonds. The van der Waals surface area contributed by atoms with Gasteiger partial charge in [-0.3, -0.25) is 4.79 Å². The maximum absolute atomic E-state index is 12.8. The van der Waals surface area contributed by atoms with Gasteiger partial charge in [-0.1, -0.05) is 42.5 Å². The molecule has 6 heteroatoms. The summed E-state index contributed by atoms with van der Waals surface area (Å²) in [6, 6.07) is 20.5. The normalized spacial score (nSPS) is 10.7. The SMILES string of the molecule is Cc1ccccc1CCNC(=O)COC(=O)c1cc(-c2ccco2)nc2ccccc12. The molecule has 4 aromatic rings. The number of carbonyl (C=O) groups excluding carboxylic acids is 2. The summed E-state index contributed by atoms with van der Waals surface area (Å²) in [5.74, 6) is -0.374. The Balaban J connectivity index is 1.41. The molecule has 4 rings (SSSR count). The number of hydrogen-bond donors (Lipinski definition) is 1. The van der Waals surface area contributed by atoms with Crippen LogP contribution in [-0.4, -0.2) is 30.0 Å². The minimum absolute atomic E-state index is 0.338. The number of amides is 1. The summed E-state index contributed by atoms with van der Waals surface area (Å²) in [5.41, 5.74) is 3.86. The summed E-state index contributed by atoms with van der Waals surface area (Å²) in [7, 11) is 0. The molecule has 0 atom stereocenters. The van der Waals surface area contributed by atoms with Gasteiger partial charge in [0, 0.05) is 11.9 Å². The van der Waals surface area contributed by atoms with Crippen LogP contribution in [-0.2, 0) is 16.0 Å². The molecule has 0 spiro atoms. The van der Waals surface area contributed by atoms with Crippen molar-refractivity contribution in [1.29, 1.82) is 0 Å². The Kier molecular flexibility index (Phi) is 6.08. The summed E-state index contributed by atoms with van der Waals surface area (Å²) in [6.45, 7) is 2.16. The third-order valence-electron chi connectivity index (χ3n) is 5.02. The molecule has 0 bridgehead atoms. The average Bonchev–Trinajstić information content (AvgIpc) is 3.33. The van der Waals surface area contributed by atoms with E-state index in [1.54, 1.807) is 30.5 Å². The molecule has 0 aliphatic rings. The molecule has 2 heterocycles. The zero-order valence-electron chi connectivity index (χ0n) is 17.1. The average molecular weight is 414 g/mol. The van der Waals surface area contributed by atoms with Crippen molar-refractivity contribution >= 4 is 22.8 Å². The lowest BCUT2D eigenvalue weighted by Crippen LogP contribution is -2.30. The van der Waals surface area contributed by atoms with Gasteiger partial charge in [0.05, 0.1) is 17.3 Å². The predicted molar refractivity (Wildman–Crippen MR) is 118 cm³/mol. The molecular formula is C25H22N2O4. The van der Waals surface area contributed by atoms with E-state index in [1.165, 1.54) is 11.1 Å². The number of fused-ring (bicyclic) bond motifs is 1. The fourth-order valence-electron chi connectivity index (χ4n) is 3.38. The molecule has 1 N–H and O–H groups in total. The van der Waals surface area contributed by atoms with E-state index in [1.807, 2.05) is 49.4 Å². The van der Waals surface area contributed by atoms with Gasteiger partial charge in [-0.05, 0) is 48.7 Å². The summed E-state index contributed by atoms with van der Waals surface area (Å²) >= 11 is 0. The first kappa shape index (κ1) is 20.3. The van der Waals surface area contributed by atoms with E-state index in [0.717, 1.165) is 0 Å². The summed E-state index contributed by atoms with van der Waals surface area (Å²) in [5, 5.41) is 3.45. The fraction of sp³-hybridized carbons (Fsp3) is 0.160. The van der Waals surface area contributed by atoms with E-state index in [9.17, 15) is 9.59 Å². The Morgan fingerprint density at radius 3 is 2.65 bits per heavy atom. The second-order valence-corrected chi connectivity index (χ2v) is 7.15. The van der Waals surface area contributed by atoms with Gasteiger partial charge in [0.2, 0.25) is 0 Å².